The maximum absolute atomic E-state index is 11.6. The van der Waals surface area contributed by atoms with Crippen molar-refractivity contribution in [2.45, 2.75) is 6.61 Å². The summed E-state index contributed by atoms with van der Waals surface area (Å²) in [5.41, 5.74) is 2.58. The average Bonchev–Trinajstić information content (AvgIpc) is 2.61. The Hall–Kier alpha value is -2.82. The summed E-state index contributed by atoms with van der Waals surface area (Å²) in [4.78, 5) is 24.2. The number of nitrogens with one attached hydrogen (secondary N) is 1. The van der Waals surface area contributed by atoms with E-state index in [-0.39, 0.29) is 6.61 Å². The topological polar surface area (TPSA) is 58.6 Å². The van der Waals surface area contributed by atoms with Crippen LogP contribution < -0.4 is 10.2 Å². The molecule has 2 aromatic carbocycles. The third kappa shape index (κ3) is 5.47. The summed E-state index contributed by atoms with van der Waals surface area (Å²) in [5.74, 6) is 0. The van der Waals surface area contributed by atoms with Gasteiger partial charge in [-0.25, -0.2) is 4.79 Å². The van der Waals surface area contributed by atoms with Crippen molar-refractivity contribution >= 4 is 18.1 Å². The van der Waals surface area contributed by atoms with Gasteiger partial charge >= 0.3 is 6.09 Å². The number of hydrogen-bond donors (Lipinski definition) is 1. The van der Waals surface area contributed by atoms with Gasteiger partial charge in [0.05, 0.1) is 0 Å². The molecule has 0 spiro atoms. The number of anilines is 1. The van der Waals surface area contributed by atoms with Crippen LogP contribution >= 0.6 is 0 Å². The molecular formula is C18H20N2O3. The molecule has 5 heteroatoms. The predicted molar refractivity (Wildman–Crippen MR) is 89.7 cm³/mol. The van der Waals surface area contributed by atoms with E-state index >= 15 is 0 Å². The SMILES string of the molecule is CN(CCNC(=O)OCc1ccccc1)c1ccc(C=O)cc1. The largest absolute Gasteiger partial charge is 0.445 e. The Bertz CT molecular complexity index is 626. The molecule has 2 rings (SSSR count). The average molecular weight is 312 g/mol. The zero-order valence-electron chi connectivity index (χ0n) is 13.1. The number of nitrogens with zero attached hydrogens (tertiary/aromatic N) is 1. The van der Waals surface area contributed by atoms with Gasteiger partial charge in [0.25, 0.3) is 0 Å². The van der Waals surface area contributed by atoms with Gasteiger partial charge in [-0.3, -0.25) is 4.79 Å². The summed E-state index contributed by atoms with van der Waals surface area (Å²) in [5, 5.41) is 2.72. The van der Waals surface area contributed by atoms with Crippen molar-refractivity contribution in [2.75, 3.05) is 25.0 Å². The highest BCUT2D eigenvalue weighted by Crippen LogP contribution is 2.12. The first kappa shape index (κ1) is 16.5. The van der Waals surface area contributed by atoms with Crippen LogP contribution in [0.5, 0.6) is 0 Å². The maximum Gasteiger partial charge on any atom is 0.407 e. The van der Waals surface area contributed by atoms with Crippen molar-refractivity contribution in [3.05, 3.63) is 65.7 Å². The van der Waals surface area contributed by atoms with Crippen LogP contribution in [0.4, 0.5) is 10.5 Å². The number of ether oxygens (including phenoxy) is 1. The molecule has 2 aromatic rings. The Balaban J connectivity index is 1.69. The summed E-state index contributed by atoms with van der Waals surface area (Å²) in [6, 6.07) is 16.8. The van der Waals surface area contributed by atoms with E-state index in [1.54, 1.807) is 12.1 Å². The summed E-state index contributed by atoms with van der Waals surface area (Å²) < 4.78 is 5.14. The highest BCUT2D eigenvalue weighted by molar-refractivity contribution is 5.75. The fourth-order valence-corrected chi connectivity index (χ4v) is 2.04. The van der Waals surface area contributed by atoms with Crippen molar-refractivity contribution in [1.29, 1.82) is 0 Å². The van der Waals surface area contributed by atoms with E-state index in [0.717, 1.165) is 17.5 Å². The molecule has 0 atom stereocenters. The van der Waals surface area contributed by atoms with Crippen LogP contribution in [0.2, 0.25) is 0 Å². The first-order valence-corrected chi connectivity index (χ1v) is 7.40. The van der Waals surface area contributed by atoms with Gasteiger partial charge < -0.3 is 15.0 Å². The van der Waals surface area contributed by atoms with Crippen LogP contribution in [0.1, 0.15) is 15.9 Å². The lowest BCUT2D eigenvalue weighted by Crippen LogP contribution is -2.33. The van der Waals surface area contributed by atoms with Crippen LogP contribution in [-0.2, 0) is 11.3 Å². The van der Waals surface area contributed by atoms with Crippen molar-refractivity contribution in [3.8, 4) is 0 Å². The highest BCUT2D eigenvalue weighted by Gasteiger charge is 2.04. The van der Waals surface area contributed by atoms with Gasteiger partial charge in [-0.05, 0) is 29.8 Å². The lowest BCUT2D eigenvalue weighted by atomic mass is 10.2. The van der Waals surface area contributed by atoms with E-state index in [9.17, 15) is 9.59 Å². The van der Waals surface area contributed by atoms with Crippen LogP contribution in [0.25, 0.3) is 0 Å². The molecule has 5 nitrogen and oxygen atoms in total. The van der Waals surface area contributed by atoms with E-state index in [1.807, 2.05) is 54.4 Å². The lowest BCUT2D eigenvalue weighted by Gasteiger charge is -2.19. The molecule has 0 saturated carbocycles. The molecule has 0 unspecified atom stereocenters. The van der Waals surface area contributed by atoms with Crippen LogP contribution in [0, 0.1) is 0 Å². The first-order valence-electron chi connectivity index (χ1n) is 7.40. The van der Waals surface area contributed by atoms with E-state index in [2.05, 4.69) is 5.32 Å². The third-order valence-electron chi connectivity index (χ3n) is 3.40. The first-order chi connectivity index (χ1) is 11.2. The van der Waals surface area contributed by atoms with Crippen LogP contribution in [0.3, 0.4) is 0 Å². The molecule has 120 valence electrons. The van der Waals surface area contributed by atoms with Gasteiger partial charge in [0.2, 0.25) is 0 Å². The number of alkyl carbamates (subject to hydrolysis) is 1. The molecule has 0 saturated heterocycles. The molecule has 0 aliphatic heterocycles. The Morgan fingerprint density at radius 2 is 1.83 bits per heavy atom. The molecule has 23 heavy (non-hydrogen) atoms. The molecule has 0 radical (unpaired) electrons. The predicted octanol–water partition coefficient (Wildman–Crippen LogP) is 2.86. The standard InChI is InChI=1S/C18H20N2O3/c1-20(17-9-7-15(13-21)8-10-17)12-11-19-18(22)23-14-16-5-3-2-4-6-16/h2-10,13H,11-12,14H2,1H3,(H,19,22). The number of amides is 1. The van der Waals surface area contributed by atoms with Gasteiger partial charge in [-0.15, -0.1) is 0 Å². The van der Waals surface area contributed by atoms with E-state index in [1.165, 1.54) is 0 Å². The number of hydrogen-bond acceptors (Lipinski definition) is 4. The lowest BCUT2D eigenvalue weighted by molar-refractivity contribution is 0.112. The Kier molecular flexibility index (Phi) is 6.17. The van der Waals surface area contributed by atoms with Gasteiger partial charge in [0.15, 0.2) is 0 Å². The third-order valence-corrected chi connectivity index (χ3v) is 3.40. The Morgan fingerprint density at radius 1 is 1.13 bits per heavy atom. The minimum atomic E-state index is -0.432. The van der Waals surface area contributed by atoms with Crippen LogP contribution in [-0.4, -0.2) is 32.5 Å². The normalized spacial score (nSPS) is 9.96. The minimum absolute atomic E-state index is 0.260. The van der Waals surface area contributed by atoms with Gasteiger partial charge in [-0.1, -0.05) is 30.3 Å². The second-order valence-electron chi connectivity index (χ2n) is 5.12. The van der Waals surface area contributed by atoms with Crippen LogP contribution in [0.15, 0.2) is 54.6 Å². The minimum Gasteiger partial charge on any atom is -0.445 e. The molecule has 1 N–H and O–H groups in total. The second kappa shape index (κ2) is 8.58. The number of carbonyl (C=O) groups excluding carboxylic acids is 2. The van der Waals surface area contributed by atoms with E-state index in [4.69, 9.17) is 4.74 Å². The van der Waals surface area contributed by atoms with Crippen molar-refractivity contribution < 1.29 is 14.3 Å². The molecule has 0 fully saturated rings. The summed E-state index contributed by atoms with van der Waals surface area (Å²) >= 11 is 0. The number of benzene rings is 2. The monoisotopic (exact) mass is 312 g/mol. The molecule has 0 aliphatic rings. The number of aldehydes is 1. The number of carbonyl (C=O) groups is 2. The fourth-order valence-electron chi connectivity index (χ4n) is 2.04. The van der Waals surface area contributed by atoms with Crippen molar-refractivity contribution in [3.63, 3.8) is 0 Å². The Morgan fingerprint density at radius 3 is 2.48 bits per heavy atom. The molecule has 0 bridgehead atoms. The molecular weight excluding hydrogens is 292 g/mol. The second-order valence-corrected chi connectivity index (χ2v) is 5.12. The summed E-state index contributed by atoms with van der Waals surface area (Å²) in [7, 11) is 1.92. The molecule has 0 aromatic heterocycles. The zero-order chi connectivity index (χ0) is 16.5. The zero-order valence-corrected chi connectivity index (χ0v) is 13.1. The van der Waals surface area contributed by atoms with Gasteiger partial charge in [0.1, 0.15) is 12.9 Å². The molecule has 0 heterocycles. The highest BCUT2D eigenvalue weighted by atomic mass is 16.5. The maximum atomic E-state index is 11.6. The smallest absolute Gasteiger partial charge is 0.407 e. The number of rotatable bonds is 7. The van der Waals surface area contributed by atoms with Gasteiger partial charge in [-0.2, -0.15) is 0 Å². The molecule has 0 aliphatic carbocycles. The summed E-state index contributed by atoms with van der Waals surface area (Å²) in [6.45, 7) is 1.37. The quantitative estimate of drug-likeness (QED) is 0.799. The van der Waals surface area contributed by atoms with Crippen molar-refractivity contribution in [1.82, 2.24) is 5.32 Å². The summed E-state index contributed by atoms with van der Waals surface area (Å²) in [6.07, 6.45) is 0.382. The Labute approximate surface area is 135 Å². The van der Waals surface area contributed by atoms with E-state index < -0.39 is 6.09 Å². The number of likely N-dealkylation sites (N-methyl/N-ethyl adjacent to an activating group) is 1. The fraction of sp³-hybridized carbons (Fsp3) is 0.222. The molecule has 1 amide bonds. The van der Waals surface area contributed by atoms with E-state index in [0.29, 0.717) is 18.7 Å². The van der Waals surface area contributed by atoms with Crippen molar-refractivity contribution in [2.24, 2.45) is 0 Å². The van der Waals surface area contributed by atoms with Gasteiger partial charge in [0, 0.05) is 31.4 Å².